The summed E-state index contributed by atoms with van der Waals surface area (Å²) < 4.78 is 42.1. The molecule has 1 aliphatic heterocycles. The van der Waals surface area contributed by atoms with Crippen molar-refractivity contribution in [2.75, 3.05) is 27.3 Å². The van der Waals surface area contributed by atoms with Gasteiger partial charge in [-0.05, 0) is 31.0 Å². The molecular weight excluding hydrogens is 372 g/mol. The first-order valence-electron chi connectivity index (χ1n) is 8.36. The molecule has 9 heteroatoms. The maximum atomic E-state index is 12.5. The SMILES string of the molecule is COC(=O)c1ccc(OC)cc1Oc1ccc(S(=O)(=O)N2CCCC2)cn1. The number of pyridine rings is 1. The number of rotatable bonds is 6. The van der Waals surface area contributed by atoms with E-state index in [1.165, 1.54) is 49.0 Å². The number of aromatic nitrogens is 1. The molecule has 2 aromatic rings. The van der Waals surface area contributed by atoms with Gasteiger partial charge >= 0.3 is 5.97 Å². The van der Waals surface area contributed by atoms with E-state index >= 15 is 0 Å². The van der Waals surface area contributed by atoms with Crippen LogP contribution in [0.25, 0.3) is 0 Å². The van der Waals surface area contributed by atoms with E-state index in [2.05, 4.69) is 4.98 Å². The molecule has 3 rings (SSSR count). The Kier molecular flexibility index (Phi) is 5.62. The zero-order valence-corrected chi connectivity index (χ0v) is 15.9. The lowest BCUT2D eigenvalue weighted by Gasteiger charge is -2.15. The van der Waals surface area contributed by atoms with Crippen LogP contribution in [0, 0.1) is 0 Å². The highest BCUT2D eigenvalue weighted by atomic mass is 32.2. The third kappa shape index (κ3) is 4.04. The average molecular weight is 392 g/mol. The normalized spacial score (nSPS) is 14.7. The van der Waals surface area contributed by atoms with Gasteiger partial charge in [0.15, 0.2) is 0 Å². The van der Waals surface area contributed by atoms with E-state index in [1.807, 2.05) is 0 Å². The third-order valence-electron chi connectivity index (χ3n) is 4.22. The number of carbonyl (C=O) groups excluding carboxylic acids is 1. The third-order valence-corrected chi connectivity index (χ3v) is 6.10. The lowest BCUT2D eigenvalue weighted by atomic mass is 10.2. The Balaban J connectivity index is 1.85. The highest BCUT2D eigenvalue weighted by molar-refractivity contribution is 7.89. The van der Waals surface area contributed by atoms with Gasteiger partial charge in [-0.15, -0.1) is 0 Å². The van der Waals surface area contributed by atoms with Crippen molar-refractivity contribution in [2.24, 2.45) is 0 Å². The molecule has 0 amide bonds. The predicted molar refractivity (Wildman–Crippen MR) is 96.6 cm³/mol. The van der Waals surface area contributed by atoms with Gasteiger partial charge in [0, 0.05) is 25.2 Å². The summed E-state index contributed by atoms with van der Waals surface area (Å²) in [5, 5.41) is 0. The van der Waals surface area contributed by atoms with Crippen LogP contribution >= 0.6 is 0 Å². The fourth-order valence-corrected chi connectivity index (χ4v) is 4.23. The fourth-order valence-electron chi connectivity index (χ4n) is 2.76. The van der Waals surface area contributed by atoms with Crippen molar-refractivity contribution >= 4 is 16.0 Å². The number of sulfonamides is 1. The first-order chi connectivity index (χ1) is 13.0. The number of hydrogen-bond donors (Lipinski definition) is 0. The van der Waals surface area contributed by atoms with E-state index in [1.54, 1.807) is 6.07 Å². The minimum absolute atomic E-state index is 0.107. The summed E-state index contributed by atoms with van der Waals surface area (Å²) in [5.74, 6) is 0.268. The highest BCUT2D eigenvalue weighted by Crippen LogP contribution is 2.30. The lowest BCUT2D eigenvalue weighted by molar-refractivity contribution is 0.0598. The van der Waals surface area contributed by atoms with Gasteiger partial charge in [-0.3, -0.25) is 0 Å². The molecule has 0 unspecified atom stereocenters. The minimum Gasteiger partial charge on any atom is -0.497 e. The molecule has 8 nitrogen and oxygen atoms in total. The van der Waals surface area contributed by atoms with Crippen molar-refractivity contribution in [1.82, 2.24) is 9.29 Å². The summed E-state index contributed by atoms with van der Waals surface area (Å²) in [6.45, 7) is 1.04. The Morgan fingerprint density at radius 1 is 1.11 bits per heavy atom. The number of carbonyl (C=O) groups is 1. The van der Waals surface area contributed by atoms with Gasteiger partial charge in [0.1, 0.15) is 22.0 Å². The van der Waals surface area contributed by atoms with E-state index in [0.717, 1.165) is 12.8 Å². The van der Waals surface area contributed by atoms with Gasteiger partial charge in [0.25, 0.3) is 0 Å². The molecule has 27 heavy (non-hydrogen) atoms. The Morgan fingerprint density at radius 3 is 2.44 bits per heavy atom. The van der Waals surface area contributed by atoms with Gasteiger partial charge in [-0.1, -0.05) is 0 Å². The fraction of sp³-hybridized carbons (Fsp3) is 0.333. The van der Waals surface area contributed by atoms with E-state index in [-0.39, 0.29) is 22.1 Å². The highest BCUT2D eigenvalue weighted by Gasteiger charge is 2.27. The second-order valence-corrected chi connectivity index (χ2v) is 7.84. The molecule has 0 bridgehead atoms. The van der Waals surface area contributed by atoms with Crippen LogP contribution < -0.4 is 9.47 Å². The van der Waals surface area contributed by atoms with Crippen LogP contribution in [0.5, 0.6) is 17.4 Å². The maximum absolute atomic E-state index is 12.5. The largest absolute Gasteiger partial charge is 0.497 e. The molecule has 1 aliphatic rings. The van der Waals surface area contributed by atoms with Crippen LogP contribution in [0.15, 0.2) is 41.4 Å². The molecule has 0 N–H and O–H groups in total. The molecule has 0 spiro atoms. The minimum atomic E-state index is -3.54. The summed E-state index contributed by atoms with van der Waals surface area (Å²) in [5.41, 5.74) is 0.203. The number of ether oxygens (including phenoxy) is 3. The zero-order chi connectivity index (χ0) is 19.4. The number of esters is 1. The van der Waals surface area contributed by atoms with Gasteiger partial charge in [0.05, 0.1) is 20.4 Å². The van der Waals surface area contributed by atoms with Gasteiger partial charge in [-0.2, -0.15) is 4.31 Å². The molecule has 0 saturated carbocycles. The van der Waals surface area contributed by atoms with E-state index < -0.39 is 16.0 Å². The first-order valence-corrected chi connectivity index (χ1v) is 9.80. The number of methoxy groups -OCH3 is 2. The van der Waals surface area contributed by atoms with Crippen LogP contribution in [0.2, 0.25) is 0 Å². The van der Waals surface area contributed by atoms with Crippen LogP contribution in [0.3, 0.4) is 0 Å². The van der Waals surface area contributed by atoms with Gasteiger partial charge < -0.3 is 14.2 Å². The molecule has 1 fully saturated rings. The summed E-state index contributed by atoms with van der Waals surface area (Å²) in [4.78, 5) is 16.1. The van der Waals surface area contributed by atoms with Crippen LogP contribution in [-0.2, 0) is 14.8 Å². The Bertz CT molecular complexity index is 921. The molecule has 0 atom stereocenters. The Labute approximate surface area is 157 Å². The van der Waals surface area contributed by atoms with Crippen LogP contribution in [0.4, 0.5) is 0 Å². The van der Waals surface area contributed by atoms with Crippen molar-refractivity contribution in [3.8, 4) is 17.4 Å². The summed E-state index contributed by atoms with van der Waals surface area (Å²) in [6, 6.07) is 7.55. The molecule has 1 aromatic heterocycles. The summed E-state index contributed by atoms with van der Waals surface area (Å²) in [7, 11) is -0.780. The van der Waals surface area contributed by atoms with Crippen molar-refractivity contribution in [1.29, 1.82) is 0 Å². The topological polar surface area (TPSA) is 95.0 Å². The smallest absolute Gasteiger partial charge is 0.341 e. The van der Waals surface area contributed by atoms with E-state index in [9.17, 15) is 13.2 Å². The predicted octanol–water partition coefficient (Wildman–Crippen LogP) is 2.45. The standard InChI is InChI=1S/C18H20N2O6S/c1-24-13-5-7-15(18(21)25-2)16(11-13)26-17-8-6-14(12-19-17)27(22,23)20-9-3-4-10-20/h5-8,11-12H,3-4,9-10H2,1-2H3. The molecule has 144 valence electrons. The van der Waals surface area contributed by atoms with Crippen molar-refractivity contribution in [2.45, 2.75) is 17.7 Å². The maximum Gasteiger partial charge on any atom is 0.341 e. The second kappa shape index (κ2) is 7.93. The Morgan fingerprint density at radius 2 is 1.85 bits per heavy atom. The second-order valence-electron chi connectivity index (χ2n) is 5.90. The van der Waals surface area contributed by atoms with E-state index in [0.29, 0.717) is 18.8 Å². The van der Waals surface area contributed by atoms with Crippen molar-refractivity contribution < 1.29 is 27.4 Å². The van der Waals surface area contributed by atoms with Gasteiger partial charge in [-0.25, -0.2) is 18.2 Å². The lowest BCUT2D eigenvalue weighted by Crippen LogP contribution is -2.27. The molecule has 1 saturated heterocycles. The number of benzene rings is 1. The van der Waals surface area contributed by atoms with Crippen molar-refractivity contribution in [3.05, 3.63) is 42.1 Å². The quantitative estimate of drug-likeness (QED) is 0.697. The summed E-state index contributed by atoms with van der Waals surface area (Å²) >= 11 is 0. The Hall–Kier alpha value is -2.65. The first kappa shape index (κ1) is 19.1. The molecule has 0 aliphatic carbocycles. The number of hydrogen-bond acceptors (Lipinski definition) is 7. The van der Waals surface area contributed by atoms with E-state index in [4.69, 9.17) is 14.2 Å². The zero-order valence-electron chi connectivity index (χ0n) is 15.0. The summed E-state index contributed by atoms with van der Waals surface area (Å²) in [6.07, 6.45) is 2.97. The molecule has 0 radical (unpaired) electrons. The molecule has 1 aromatic carbocycles. The average Bonchev–Trinajstić information content (AvgIpc) is 3.23. The molecule has 2 heterocycles. The number of nitrogens with zero attached hydrogens (tertiary/aromatic N) is 2. The van der Waals surface area contributed by atoms with Crippen LogP contribution in [-0.4, -0.2) is 51.0 Å². The van der Waals surface area contributed by atoms with Crippen LogP contribution in [0.1, 0.15) is 23.2 Å². The monoisotopic (exact) mass is 392 g/mol. The molecular formula is C18H20N2O6S. The van der Waals surface area contributed by atoms with Crippen molar-refractivity contribution in [3.63, 3.8) is 0 Å². The van der Waals surface area contributed by atoms with Gasteiger partial charge in [0.2, 0.25) is 15.9 Å².